The predicted molar refractivity (Wildman–Crippen MR) is 74.7 cm³/mol. The van der Waals surface area contributed by atoms with Crippen LogP contribution in [-0.2, 0) is 9.53 Å². The number of hydrogen-bond acceptors (Lipinski definition) is 4. The van der Waals surface area contributed by atoms with Crippen LogP contribution in [0.2, 0.25) is 0 Å². The van der Waals surface area contributed by atoms with Gasteiger partial charge in [0.25, 0.3) is 11.9 Å². The molecule has 2 aliphatic heterocycles. The molecule has 0 saturated carbocycles. The van der Waals surface area contributed by atoms with Crippen molar-refractivity contribution >= 4 is 11.9 Å². The van der Waals surface area contributed by atoms with Crippen molar-refractivity contribution in [3.63, 3.8) is 0 Å². The van der Waals surface area contributed by atoms with Crippen molar-refractivity contribution in [3.05, 3.63) is 12.3 Å². The Kier molecular flexibility index (Phi) is 3.56. The van der Waals surface area contributed by atoms with Gasteiger partial charge in [-0.1, -0.05) is 20.4 Å². The maximum atomic E-state index is 11.7. The highest BCUT2D eigenvalue weighted by atomic mass is 16.5. The third kappa shape index (κ3) is 3.28. The van der Waals surface area contributed by atoms with Gasteiger partial charge in [0.1, 0.15) is 0 Å². The Balaban J connectivity index is 1.97. The lowest BCUT2D eigenvalue weighted by atomic mass is 9.88. The molecule has 1 fully saturated rings. The summed E-state index contributed by atoms with van der Waals surface area (Å²) >= 11 is 0. The average molecular weight is 265 g/mol. The van der Waals surface area contributed by atoms with Crippen LogP contribution in [0.5, 0.6) is 0 Å². The van der Waals surface area contributed by atoms with Crippen molar-refractivity contribution in [2.24, 2.45) is 10.9 Å². The summed E-state index contributed by atoms with van der Waals surface area (Å²) in [4.78, 5) is 15.6. The zero-order chi connectivity index (χ0) is 14.2. The van der Waals surface area contributed by atoms with Gasteiger partial charge in [-0.3, -0.25) is 4.79 Å². The smallest absolute Gasteiger partial charge is 0.293 e. The van der Waals surface area contributed by atoms with E-state index >= 15 is 0 Å². The topological polar surface area (TPSA) is 62.7 Å². The molecule has 2 N–H and O–H groups in total. The molecule has 19 heavy (non-hydrogen) atoms. The highest BCUT2D eigenvalue weighted by Gasteiger charge is 2.35. The van der Waals surface area contributed by atoms with Crippen LogP contribution in [0.25, 0.3) is 0 Å². The number of nitrogens with zero attached hydrogens (tertiary/aromatic N) is 1. The molecule has 2 rings (SSSR count). The van der Waals surface area contributed by atoms with Crippen LogP contribution in [-0.4, -0.2) is 29.6 Å². The number of nitrogens with one attached hydrogen (secondary N) is 2. The first kappa shape index (κ1) is 13.9. The van der Waals surface area contributed by atoms with Crippen LogP contribution in [0, 0.1) is 5.92 Å². The van der Waals surface area contributed by atoms with E-state index in [1.54, 1.807) is 0 Å². The van der Waals surface area contributed by atoms with Crippen molar-refractivity contribution in [2.45, 2.75) is 58.2 Å². The number of piperidine rings is 1. The van der Waals surface area contributed by atoms with Crippen LogP contribution in [0.15, 0.2) is 17.3 Å². The first-order valence-corrected chi connectivity index (χ1v) is 6.78. The fourth-order valence-corrected chi connectivity index (χ4v) is 2.69. The molecule has 1 saturated heterocycles. The van der Waals surface area contributed by atoms with E-state index in [4.69, 9.17) is 4.74 Å². The predicted octanol–water partition coefficient (Wildman–Crippen LogP) is 1.56. The molecular formula is C14H23N3O2. The molecule has 0 radical (unpaired) electrons. The van der Waals surface area contributed by atoms with Gasteiger partial charge in [-0.15, -0.1) is 0 Å². The standard InChI is InChI=1S/C14H23N3O2/c1-8(2)11-12(18)16-13(19-11)15-10-6-9(3)17-14(4,5)7-10/h8,10-11,17H,3,6-7H2,1-2,4-5H3,(H,15,16,18). The summed E-state index contributed by atoms with van der Waals surface area (Å²) in [6.45, 7) is 12.2. The second-order valence-corrected chi connectivity index (χ2v) is 6.40. The van der Waals surface area contributed by atoms with E-state index in [0.29, 0.717) is 6.02 Å². The minimum atomic E-state index is -0.444. The monoisotopic (exact) mass is 265 g/mol. The quantitative estimate of drug-likeness (QED) is 0.795. The molecule has 5 heteroatoms. The number of carbonyl (C=O) groups is 1. The maximum absolute atomic E-state index is 11.7. The van der Waals surface area contributed by atoms with Crippen molar-refractivity contribution in [1.82, 2.24) is 10.6 Å². The number of amidine groups is 1. The molecule has 2 unspecified atom stereocenters. The van der Waals surface area contributed by atoms with Gasteiger partial charge in [0.15, 0.2) is 6.10 Å². The molecule has 5 nitrogen and oxygen atoms in total. The van der Waals surface area contributed by atoms with Gasteiger partial charge in [0.05, 0.1) is 0 Å². The third-order valence-corrected chi connectivity index (χ3v) is 3.39. The number of aliphatic imine (C=N–C) groups is 1. The zero-order valence-electron chi connectivity index (χ0n) is 12.1. The molecular weight excluding hydrogens is 242 g/mol. The number of amides is 1. The molecule has 0 spiro atoms. The Bertz CT molecular complexity index is 426. The summed E-state index contributed by atoms with van der Waals surface area (Å²) in [6, 6.07) is 0.556. The van der Waals surface area contributed by atoms with Crippen molar-refractivity contribution in [2.75, 3.05) is 0 Å². The van der Waals surface area contributed by atoms with E-state index in [-0.39, 0.29) is 23.4 Å². The normalized spacial score (nSPS) is 29.8. The van der Waals surface area contributed by atoms with Crippen LogP contribution in [0.4, 0.5) is 0 Å². The van der Waals surface area contributed by atoms with E-state index in [9.17, 15) is 4.79 Å². The van der Waals surface area contributed by atoms with E-state index in [1.165, 1.54) is 0 Å². The Morgan fingerprint density at radius 1 is 1.53 bits per heavy atom. The molecule has 0 bridgehead atoms. The second kappa shape index (κ2) is 4.87. The van der Waals surface area contributed by atoms with Gasteiger partial charge in [0.2, 0.25) is 0 Å². The van der Waals surface area contributed by atoms with Gasteiger partial charge in [-0.2, -0.15) is 4.99 Å². The van der Waals surface area contributed by atoms with Crippen LogP contribution < -0.4 is 10.6 Å². The fourth-order valence-electron chi connectivity index (χ4n) is 2.69. The van der Waals surface area contributed by atoms with E-state index in [1.807, 2.05) is 13.8 Å². The van der Waals surface area contributed by atoms with Gasteiger partial charge < -0.3 is 15.4 Å². The van der Waals surface area contributed by atoms with Crippen LogP contribution in [0.1, 0.15) is 40.5 Å². The van der Waals surface area contributed by atoms with Crippen LogP contribution >= 0.6 is 0 Å². The lowest BCUT2D eigenvalue weighted by molar-refractivity contribution is -0.124. The van der Waals surface area contributed by atoms with Gasteiger partial charge in [-0.05, 0) is 26.2 Å². The van der Waals surface area contributed by atoms with Crippen molar-refractivity contribution in [3.8, 4) is 0 Å². The highest BCUT2D eigenvalue weighted by molar-refractivity contribution is 5.98. The summed E-state index contributed by atoms with van der Waals surface area (Å²) in [6.07, 6.45) is 1.29. The Hall–Kier alpha value is -1.52. The molecule has 106 valence electrons. The Morgan fingerprint density at radius 3 is 2.74 bits per heavy atom. The average Bonchev–Trinajstić information content (AvgIpc) is 2.55. The first-order valence-electron chi connectivity index (χ1n) is 6.78. The number of rotatable bonds is 2. The number of hydrogen-bond donors (Lipinski definition) is 2. The maximum Gasteiger partial charge on any atom is 0.293 e. The summed E-state index contributed by atoms with van der Waals surface area (Å²) in [7, 11) is 0. The van der Waals surface area contributed by atoms with Gasteiger partial charge in [0, 0.05) is 23.7 Å². The van der Waals surface area contributed by atoms with E-state index < -0.39 is 6.10 Å². The molecule has 0 aromatic carbocycles. The Labute approximate surface area is 114 Å². The van der Waals surface area contributed by atoms with Crippen LogP contribution in [0.3, 0.4) is 0 Å². The SMILES string of the molecule is C=C1CC(NC2=NC(=O)C(C(C)C)O2)CC(C)(C)N1. The lowest BCUT2D eigenvalue weighted by Gasteiger charge is -2.38. The molecule has 0 aromatic rings. The lowest BCUT2D eigenvalue weighted by Crippen LogP contribution is -2.52. The highest BCUT2D eigenvalue weighted by Crippen LogP contribution is 2.24. The molecule has 2 atom stereocenters. The molecule has 0 aromatic heterocycles. The largest absolute Gasteiger partial charge is 0.451 e. The molecule has 0 aliphatic carbocycles. The zero-order valence-corrected chi connectivity index (χ0v) is 12.1. The molecule has 1 amide bonds. The fraction of sp³-hybridized carbons (Fsp3) is 0.714. The minimum absolute atomic E-state index is 0.00633. The number of ether oxygens (including phenoxy) is 1. The molecule has 2 aliphatic rings. The second-order valence-electron chi connectivity index (χ2n) is 6.40. The van der Waals surface area contributed by atoms with E-state index in [0.717, 1.165) is 18.5 Å². The third-order valence-electron chi connectivity index (χ3n) is 3.39. The van der Waals surface area contributed by atoms with Gasteiger partial charge >= 0.3 is 0 Å². The number of carbonyl (C=O) groups excluding carboxylic acids is 1. The minimum Gasteiger partial charge on any atom is -0.451 e. The molecule has 2 heterocycles. The van der Waals surface area contributed by atoms with Gasteiger partial charge in [-0.25, -0.2) is 0 Å². The van der Waals surface area contributed by atoms with Crippen molar-refractivity contribution in [1.29, 1.82) is 0 Å². The summed E-state index contributed by atoms with van der Waals surface area (Å²) < 4.78 is 5.58. The summed E-state index contributed by atoms with van der Waals surface area (Å²) in [5, 5.41) is 6.59. The van der Waals surface area contributed by atoms with E-state index in [2.05, 4.69) is 36.1 Å². The summed E-state index contributed by atoms with van der Waals surface area (Å²) in [5.74, 6) is -0.0560. The first-order chi connectivity index (χ1) is 8.77. The Morgan fingerprint density at radius 2 is 2.21 bits per heavy atom. The summed E-state index contributed by atoms with van der Waals surface area (Å²) in [5.41, 5.74) is 0.993. The van der Waals surface area contributed by atoms with Crippen molar-refractivity contribution < 1.29 is 9.53 Å².